The number of carbonyl (C=O) groups is 1. The number of esters is 1. The largest absolute Gasteiger partial charge is 0.464 e. The maximum atomic E-state index is 11.4. The fraction of sp³-hybridized carbons (Fsp3) is 0.800. The van der Waals surface area contributed by atoms with Crippen molar-refractivity contribution in [1.29, 1.82) is 0 Å². The quantitative estimate of drug-likeness (QED) is 0.333. The van der Waals surface area contributed by atoms with Gasteiger partial charge in [0.05, 0.1) is 21.4 Å². The van der Waals surface area contributed by atoms with E-state index in [1.807, 2.05) is 6.92 Å². The summed E-state index contributed by atoms with van der Waals surface area (Å²) in [7, 11) is -0.517. The summed E-state index contributed by atoms with van der Waals surface area (Å²) < 4.78 is 11.2. The highest BCUT2D eigenvalue weighted by molar-refractivity contribution is 6.39. The molecule has 0 fully saturated rings. The van der Waals surface area contributed by atoms with Crippen LogP contribution in [0.2, 0.25) is 5.54 Å². The van der Waals surface area contributed by atoms with Crippen LogP contribution in [0.1, 0.15) is 53.4 Å². The Hall–Kier alpha value is -0.613. The van der Waals surface area contributed by atoms with E-state index < -0.39 is 9.52 Å². The van der Waals surface area contributed by atoms with Gasteiger partial charge in [-0.3, -0.25) is 0 Å². The number of unbranched alkanes of at least 4 members (excludes halogenated alkanes) is 1. The van der Waals surface area contributed by atoms with Crippen molar-refractivity contribution in [3.8, 4) is 0 Å². The number of hydrogen-bond donors (Lipinski definition) is 0. The zero-order chi connectivity index (χ0) is 14.7. The molecule has 19 heavy (non-hydrogen) atoms. The fourth-order valence-corrected chi connectivity index (χ4v) is 4.61. The molecule has 3 unspecified atom stereocenters. The van der Waals surface area contributed by atoms with E-state index >= 15 is 0 Å². The van der Waals surface area contributed by atoms with Crippen molar-refractivity contribution in [2.75, 3.05) is 6.61 Å². The Kier molecular flexibility index (Phi) is 10.9. The van der Waals surface area contributed by atoms with Crippen molar-refractivity contribution in [2.45, 2.75) is 70.8 Å². The second-order valence-corrected chi connectivity index (χ2v) is 7.40. The minimum Gasteiger partial charge on any atom is -0.464 e. The number of rotatable bonds is 11. The summed E-state index contributed by atoms with van der Waals surface area (Å²) in [6, 6.07) is 0. The van der Waals surface area contributed by atoms with E-state index in [1.54, 1.807) is 0 Å². The first-order valence-electron chi connectivity index (χ1n) is 7.53. The van der Waals surface area contributed by atoms with Crippen molar-refractivity contribution in [3.05, 3.63) is 12.7 Å². The molecule has 0 amide bonds. The lowest BCUT2D eigenvalue weighted by Gasteiger charge is -2.26. The molecule has 0 saturated heterocycles. The molecule has 0 bridgehead atoms. The minimum absolute atomic E-state index is 0.123. The summed E-state index contributed by atoms with van der Waals surface area (Å²) in [5, 5.41) is 0. The normalized spacial score (nSPS) is 16.2. The Morgan fingerprint density at radius 3 is 2.53 bits per heavy atom. The Labute approximate surface area is 120 Å². The van der Waals surface area contributed by atoms with Crippen LogP contribution in [0, 0.1) is 0 Å². The van der Waals surface area contributed by atoms with E-state index in [9.17, 15) is 4.79 Å². The molecule has 0 aromatic heterocycles. The number of ether oxygens (including phenoxy) is 2. The van der Waals surface area contributed by atoms with Crippen molar-refractivity contribution in [2.24, 2.45) is 0 Å². The molecule has 4 heteroatoms. The third kappa shape index (κ3) is 8.21. The van der Waals surface area contributed by atoms with Crippen LogP contribution < -0.4 is 0 Å². The molecule has 0 N–H and O–H groups in total. The van der Waals surface area contributed by atoms with E-state index in [0.717, 1.165) is 32.3 Å². The average Bonchev–Trinajstić information content (AvgIpc) is 2.41. The average molecular weight is 286 g/mol. The van der Waals surface area contributed by atoms with Gasteiger partial charge in [0.2, 0.25) is 0 Å². The van der Waals surface area contributed by atoms with Crippen LogP contribution in [0.5, 0.6) is 0 Å². The molecule has 0 rings (SSSR count). The molecule has 3 nitrogen and oxygen atoms in total. The van der Waals surface area contributed by atoms with Crippen LogP contribution in [-0.4, -0.2) is 33.9 Å². The molecule has 0 saturated carbocycles. The molecule has 0 spiro atoms. The zero-order valence-electron chi connectivity index (χ0n) is 13.0. The smallest absolute Gasteiger partial charge is 0.330 e. The zero-order valence-corrected chi connectivity index (χ0v) is 14.4. The molecule has 0 aliphatic rings. The van der Waals surface area contributed by atoms with Crippen molar-refractivity contribution < 1.29 is 14.3 Å². The third-order valence-electron chi connectivity index (χ3n) is 3.51. The summed E-state index contributed by atoms with van der Waals surface area (Å²) in [5.74, 6) is -0.285. The van der Waals surface area contributed by atoms with E-state index in [2.05, 4.69) is 27.4 Å². The van der Waals surface area contributed by atoms with Gasteiger partial charge in [-0.2, -0.15) is 0 Å². The van der Waals surface area contributed by atoms with Crippen LogP contribution in [0.15, 0.2) is 12.7 Å². The molecule has 0 aliphatic carbocycles. The van der Waals surface area contributed by atoms with Crippen molar-refractivity contribution >= 4 is 15.5 Å². The molecule has 0 aliphatic heterocycles. The van der Waals surface area contributed by atoms with E-state index in [1.165, 1.54) is 6.08 Å². The van der Waals surface area contributed by atoms with E-state index in [4.69, 9.17) is 9.47 Å². The Morgan fingerprint density at radius 1 is 1.37 bits per heavy atom. The second kappa shape index (κ2) is 11.2. The van der Waals surface area contributed by atoms with Gasteiger partial charge in [0.15, 0.2) is 0 Å². The van der Waals surface area contributed by atoms with Crippen molar-refractivity contribution in [3.63, 3.8) is 0 Å². The van der Waals surface area contributed by atoms with Gasteiger partial charge in [-0.05, 0) is 25.8 Å². The molecular formula is C15H30O3Si. The maximum Gasteiger partial charge on any atom is 0.330 e. The van der Waals surface area contributed by atoms with Gasteiger partial charge in [-0.1, -0.05) is 39.7 Å². The number of hydrogen-bond acceptors (Lipinski definition) is 3. The standard InChI is InChI=1S/C15H30O3Si/c1-6-10-11-15(18-14(16)8-3)19-13(7-2)12(5)17-9-4/h8,12-13,15H,3,6-7,9-11,19H2,1-2,4-5H3. The first-order valence-corrected chi connectivity index (χ1v) is 9.16. The highest BCUT2D eigenvalue weighted by atomic mass is 28.2. The summed E-state index contributed by atoms with van der Waals surface area (Å²) in [6.45, 7) is 12.7. The highest BCUT2D eigenvalue weighted by Gasteiger charge is 2.23. The first-order chi connectivity index (χ1) is 9.08. The maximum absolute atomic E-state index is 11.4. The monoisotopic (exact) mass is 286 g/mol. The molecule has 0 aromatic carbocycles. The van der Waals surface area contributed by atoms with Crippen molar-refractivity contribution in [1.82, 2.24) is 0 Å². The number of carbonyl (C=O) groups excluding carboxylic acids is 1. The van der Waals surface area contributed by atoms with Gasteiger partial charge in [0.25, 0.3) is 0 Å². The predicted molar refractivity (Wildman–Crippen MR) is 83.3 cm³/mol. The van der Waals surface area contributed by atoms with Crippen LogP contribution in [0.3, 0.4) is 0 Å². The van der Waals surface area contributed by atoms with Gasteiger partial charge >= 0.3 is 5.97 Å². The SMILES string of the molecule is C=CC(=O)OC(CCCC)[SiH2]C(CC)C(C)OCC. The second-order valence-electron chi connectivity index (χ2n) is 4.97. The van der Waals surface area contributed by atoms with Gasteiger partial charge < -0.3 is 9.47 Å². The topological polar surface area (TPSA) is 35.5 Å². The van der Waals surface area contributed by atoms with E-state index in [0.29, 0.717) is 5.54 Å². The Morgan fingerprint density at radius 2 is 2.05 bits per heavy atom. The molecule has 112 valence electrons. The highest BCUT2D eigenvalue weighted by Crippen LogP contribution is 2.21. The lowest BCUT2D eigenvalue weighted by atomic mass is 10.2. The molecule has 0 aromatic rings. The van der Waals surface area contributed by atoms with Gasteiger partial charge in [-0.15, -0.1) is 0 Å². The summed E-state index contributed by atoms with van der Waals surface area (Å²) in [6.07, 6.45) is 5.86. The predicted octanol–water partition coefficient (Wildman–Crippen LogP) is 3.02. The summed E-state index contributed by atoms with van der Waals surface area (Å²) in [4.78, 5) is 11.4. The van der Waals surface area contributed by atoms with Crippen LogP contribution in [0.25, 0.3) is 0 Å². The Balaban J connectivity index is 4.47. The third-order valence-corrected chi connectivity index (χ3v) is 6.46. The molecule has 0 heterocycles. The Bertz CT molecular complexity index is 256. The van der Waals surface area contributed by atoms with Gasteiger partial charge in [0.1, 0.15) is 0 Å². The van der Waals surface area contributed by atoms with Crippen LogP contribution >= 0.6 is 0 Å². The summed E-state index contributed by atoms with van der Waals surface area (Å²) >= 11 is 0. The first kappa shape index (κ1) is 18.4. The fourth-order valence-electron chi connectivity index (χ4n) is 2.30. The molecule has 0 radical (unpaired) electrons. The molecular weight excluding hydrogens is 256 g/mol. The van der Waals surface area contributed by atoms with Crippen LogP contribution in [-0.2, 0) is 14.3 Å². The lowest BCUT2D eigenvalue weighted by molar-refractivity contribution is -0.139. The molecule has 3 atom stereocenters. The lowest BCUT2D eigenvalue weighted by Crippen LogP contribution is -2.32. The van der Waals surface area contributed by atoms with E-state index in [-0.39, 0.29) is 17.8 Å². The van der Waals surface area contributed by atoms with Gasteiger partial charge in [0, 0.05) is 12.7 Å². The summed E-state index contributed by atoms with van der Waals surface area (Å²) in [5.41, 5.74) is 0.692. The van der Waals surface area contributed by atoms with Gasteiger partial charge in [-0.25, -0.2) is 4.79 Å². The van der Waals surface area contributed by atoms with Crippen LogP contribution in [0.4, 0.5) is 0 Å². The minimum atomic E-state index is -0.517.